The molecule has 1 aliphatic heterocycles. The van der Waals surface area contributed by atoms with Gasteiger partial charge in [-0.15, -0.1) is 0 Å². The Morgan fingerprint density at radius 1 is 0.971 bits per heavy atom. The Bertz CT molecular complexity index is 1530. The van der Waals surface area contributed by atoms with Crippen LogP contribution < -0.4 is 16.1 Å². The van der Waals surface area contributed by atoms with E-state index in [1.807, 2.05) is 4.90 Å². The van der Waals surface area contributed by atoms with Crippen LogP contribution in [0.4, 0.5) is 14.7 Å². The van der Waals surface area contributed by atoms with Crippen LogP contribution in [0.1, 0.15) is 15.9 Å². The fourth-order valence-electron chi connectivity index (χ4n) is 4.17. The Kier molecular flexibility index (Phi) is 5.81. The molecule has 0 radical (unpaired) electrons. The average Bonchev–Trinajstić information content (AvgIpc) is 2.88. The van der Waals surface area contributed by atoms with Gasteiger partial charge in [0, 0.05) is 49.7 Å². The number of aromatic nitrogens is 4. The van der Waals surface area contributed by atoms with Gasteiger partial charge in [-0.25, -0.2) is 23.5 Å². The van der Waals surface area contributed by atoms with Gasteiger partial charge in [0.2, 0.25) is 5.95 Å². The van der Waals surface area contributed by atoms with Gasteiger partial charge in [-0.1, -0.05) is 0 Å². The standard InChI is InChI=1S/C24H20F2N6O3/c25-17-3-5-20-18(13-17)21(33)29-24(35)32(20)14-16-12-15(2-4-19(16)26)22(34)30-8-10-31(11-9-30)23-27-6-1-7-28-23/h1-7,12-13H,8-11,14H2,(H,29,33,35). The molecular formula is C24H20F2N6O3. The third-order valence-corrected chi connectivity index (χ3v) is 5.98. The van der Waals surface area contributed by atoms with Gasteiger partial charge in [-0.3, -0.25) is 19.1 Å². The normalized spacial score (nSPS) is 13.9. The fourth-order valence-corrected chi connectivity index (χ4v) is 4.17. The zero-order valence-electron chi connectivity index (χ0n) is 18.4. The van der Waals surface area contributed by atoms with Crippen LogP contribution in [-0.2, 0) is 6.54 Å². The van der Waals surface area contributed by atoms with Crippen LogP contribution in [0.2, 0.25) is 0 Å². The molecule has 1 fully saturated rings. The highest BCUT2D eigenvalue weighted by Crippen LogP contribution is 2.18. The monoisotopic (exact) mass is 478 g/mol. The number of fused-ring (bicyclic) bond motifs is 1. The van der Waals surface area contributed by atoms with Crippen molar-refractivity contribution in [3.05, 3.63) is 98.5 Å². The highest BCUT2D eigenvalue weighted by atomic mass is 19.1. The second-order valence-corrected chi connectivity index (χ2v) is 8.14. The number of nitrogens with zero attached hydrogens (tertiary/aromatic N) is 5. The summed E-state index contributed by atoms with van der Waals surface area (Å²) < 4.78 is 29.4. The number of carbonyl (C=O) groups excluding carboxylic acids is 1. The Morgan fingerprint density at radius 2 is 1.71 bits per heavy atom. The zero-order valence-corrected chi connectivity index (χ0v) is 18.4. The van der Waals surface area contributed by atoms with E-state index in [9.17, 15) is 23.2 Å². The minimum atomic E-state index is -0.760. The van der Waals surface area contributed by atoms with Crippen molar-refractivity contribution in [1.82, 2.24) is 24.4 Å². The number of aromatic amines is 1. The van der Waals surface area contributed by atoms with Crippen LogP contribution in [-0.4, -0.2) is 56.5 Å². The molecule has 2 aromatic heterocycles. The van der Waals surface area contributed by atoms with Crippen molar-refractivity contribution in [2.24, 2.45) is 0 Å². The summed E-state index contributed by atoms with van der Waals surface area (Å²) in [7, 11) is 0. The third kappa shape index (κ3) is 4.39. The highest BCUT2D eigenvalue weighted by molar-refractivity contribution is 5.94. The van der Waals surface area contributed by atoms with Crippen molar-refractivity contribution in [2.45, 2.75) is 6.54 Å². The average molecular weight is 478 g/mol. The van der Waals surface area contributed by atoms with Gasteiger partial charge in [0.1, 0.15) is 11.6 Å². The molecule has 0 atom stereocenters. The van der Waals surface area contributed by atoms with E-state index in [-0.39, 0.29) is 34.5 Å². The lowest BCUT2D eigenvalue weighted by molar-refractivity contribution is 0.0746. The molecule has 1 saturated heterocycles. The van der Waals surface area contributed by atoms with Gasteiger partial charge in [0.15, 0.2) is 0 Å². The maximum absolute atomic E-state index is 14.7. The number of halogens is 2. The molecule has 0 saturated carbocycles. The summed E-state index contributed by atoms with van der Waals surface area (Å²) in [5, 5.41) is -0.0301. The number of nitrogens with one attached hydrogen (secondary N) is 1. The lowest BCUT2D eigenvalue weighted by Crippen LogP contribution is -2.49. The van der Waals surface area contributed by atoms with Crippen LogP contribution in [0.25, 0.3) is 10.9 Å². The van der Waals surface area contributed by atoms with Crippen molar-refractivity contribution >= 4 is 22.8 Å². The number of hydrogen-bond acceptors (Lipinski definition) is 6. The first-order valence-electron chi connectivity index (χ1n) is 10.9. The summed E-state index contributed by atoms with van der Waals surface area (Å²) in [6.45, 7) is 1.75. The first-order chi connectivity index (χ1) is 16.9. The van der Waals surface area contributed by atoms with E-state index in [1.54, 1.807) is 23.4 Å². The van der Waals surface area contributed by atoms with Crippen molar-refractivity contribution in [3.63, 3.8) is 0 Å². The maximum atomic E-state index is 14.7. The SMILES string of the molecule is O=C(c1ccc(F)c(Cn2c(=O)[nH]c(=O)c3cc(F)ccc32)c1)N1CCN(c2ncccn2)CC1. The molecule has 0 spiro atoms. The highest BCUT2D eigenvalue weighted by Gasteiger charge is 2.24. The summed E-state index contributed by atoms with van der Waals surface area (Å²) in [4.78, 5) is 51.9. The molecule has 11 heteroatoms. The maximum Gasteiger partial charge on any atom is 0.329 e. The van der Waals surface area contributed by atoms with Crippen LogP contribution >= 0.6 is 0 Å². The number of amides is 1. The lowest BCUT2D eigenvalue weighted by atomic mass is 10.1. The number of benzene rings is 2. The van der Waals surface area contributed by atoms with Gasteiger partial charge >= 0.3 is 5.69 Å². The molecular weight excluding hydrogens is 458 g/mol. The van der Waals surface area contributed by atoms with Crippen LogP contribution in [0.3, 0.4) is 0 Å². The number of anilines is 1. The summed E-state index contributed by atoms with van der Waals surface area (Å²) in [5.74, 6) is -0.908. The number of hydrogen-bond donors (Lipinski definition) is 1. The van der Waals surface area contributed by atoms with Crippen molar-refractivity contribution < 1.29 is 13.6 Å². The summed E-state index contributed by atoms with van der Waals surface area (Å²) in [5.41, 5.74) is -0.962. The number of rotatable bonds is 4. The first kappa shape index (κ1) is 22.4. The van der Waals surface area contributed by atoms with Crippen LogP contribution in [0.15, 0.2) is 64.4 Å². The number of carbonyl (C=O) groups is 1. The molecule has 9 nitrogen and oxygen atoms in total. The van der Waals surface area contributed by atoms with Gasteiger partial charge in [0.25, 0.3) is 11.5 Å². The van der Waals surface area contributed by atoms with E-state index in [2.05, 4.69) is 15.0 Å². The predicted octanol–water partition coefficient (Wildman–Crippen LogP) is 1.77. The predicted molar refractivity (Wildman–Crippen MR) is 124 cm³/mol. The van der Waals surface area contributed by atoms with Gasteiger partial charge in [0.05, 0.1) is 17.4 Å². The Balaban J connectivity index is 1.39. The van der Waals surface area contributed by atoms with E-state index in [4.69, 9.17) is 0 Å². The van der Waals surface area contributed by atoms with Crippen molar-refractivity contribution in [3.8, 4) is 0 Å². The molecule has 0 bridgehead atoms. The summed E-state index contributed by atoms with van der Waals surface area (Å²) in [6, 6.07) is 9.14. The topological polar surface area (TPSA) is 104 Å². The van der Waals surface area contributed by atoms with E-state index in [1.165, 1.54) is 24.3 Å². The van der Waals surface area contributed by atoms with E-state index < -0.39 is 22.9 Å². The third-order valence-electron chi connectivity index (χ3n) is 5.98. The zero-order chi connectivity index (χ0) is 24.5. The van der Waals surface area contributed by atoms with Gasteiger partial charge < -0.3 is 9.80 Å². The van der Waals surface area contributed by atoms with Crippen LogP contribution in [0.5, 0.6) is 0 Å². The smallest absolute Gasteiger partial charge is 0.329 e. The largest absolute Gasteiger partial charge is 0.337 e. The molecule has 35 heavy (non-hydrogen) atoms. The van der Waals surface area contributed by atoms with Crippen molar-refractivity contribution in [1.29, 1.82) is 0 Å². The lowest BCUT2D eigenvalue weighted by Gasteiger charge is -2.34. The number of piperazine rings is 1. The quantitative estimate of drug-likeness (QED) is 0.480. The van der Waals surface area contributed by atoms with Crippen molar-refractivity contribution in [2.75, 3.05) is 31.1 Å². The summed E-state index contributed by atoms with van der Waals surface area (Å²) in [6.07, 6.45) is 3.32. The van der Waals surface area contributed by atoms with E-state index in [0.717, 1.165) is 16.7 Å². The molecule has 0 unspecified atom stereocenters. The molecule has 4 aromatic rings. The van der Waals surface area contributed by atoms with E-state index in [0.29, 0.717) is 32.1 Å². The van der Waals surface area contributed by atoms with Gasteiger partial charge in [-0.2, -0.15) is 0 Å². The molecule has 1 aliphatic rings. The second-order valence-electron chi connectivity index (χ2n) is 8.14. The Morgan fingerprint density at radius 3 is 2.46 bits per heavy atom. The Labute approximate surface area is 197 Å². The first-order valence-corrected chi connectivity index (χ1v) is 10.9. The van der Waals surface area contributed by atoms with Gasteiger partial charge in [-0.05, 0) is 42.5 Å². The molecule has 0 aliphatic carbocycles. The number of H-pyrrole nitrogens is 1. The molecule has 5 rings (SSSR count). The Hall–Kier alpha value is -4.41. The molecule has 178 valence electrons. The fraction of sp³-hybridized carbons (Fsp3) is 0.208. The molecule has 3 heterocycles. The van der Waals surface area contributed by atoms with E-state index >= 15 is 0 Å². The molecule has 1 N–H and O–H groups in total. The summed E-state index contributed by atoms with van der Waals surface area (Å²) >= 11 is 0. The molecule has 2 aromatic carbocycles. The minimum absolute atomic E-state index is 0.0301. The van der Waals surface area contributed by atoms with Crippen LogP contribution in [0, 0.1) is 11.6 Å². The minimum Gasteiger partial charge on any atom is -0.337 e. The molecule has 1 amide bonds. The second kappa shape index (κ2) is 9.09.